The summed E-state index contributed by atoms with van der Waals surface area (Å²) in [5.41, 5.74) is 2.04. The van der Waals surface area contributed by atoms with Crippen molar-refractivity contribution in [2.24, 2.45) is 5.16 Å². The van der Waals surface area contributed by atoms with E-state index in [-0.39, 0.29) is 18.0 Å². The molecule has 1 N–H and O–H groups in total. The predicted octanol–water partition coefficient (Wildman–Crippen LogP) is 2.11. The van der Waals surface area contributed by atoms with Crippen LogP contribution in [0.4, 0.5) is 4.79 Å². The fraction of sp³-hybridized carbons (Fsp3) is 0.526. The maximum Gasteiger partial charge on any atom is 0.409 e. The molecule has 0 bridgehead atoms. The summed E-state index contributed by atoms with van der Waals surface area (Å²) in [6, 6.07) is 10.1. The molecule has 1 saturated heterocycles. The average Bonchev–Trinajstić information content (AvgIpc) is 3.12. The molecule has 140 valence electrons. The lowest BCUT2D eigenvalue weighted by Gasteiger charge is -2.31. The Bertz CT molecular complexity index is 654. The molecular formula is C19H25N3O4. The molecule has 1 aromatic rings. The lowest BCUT2D eigenvalue weighted by atomic mass is 10.0. The molecule has 1 fully saturated rings. The van der Waals surface area contributed by atoms with Crippen molar-refractivity contribution in [1.82, 2.24) is 10.2 Å². The maximum atomic E-state index is 12.4. The summed E-state index contributed by atoms with van der Waals surface area (Å²) in [5, 5.41) is 7.09. The number of oxime groups is 1. The Labute approximate surface area is 153 Å². The fourth-order valence-corrected chi connectivity index (χ4v) is 3.22. The minimum Gasteiger partial charge on any atom is -0.450 e. The number of hydrogen-bond acceptors (Lipinski definition) is 5. The van der Waals surface area contributed by atoms with Crippen LogP contribution in [0.2, 0.25) is 0 Å². The van der Waals surface area contributed by atoms with E-state index in [2.05, 4.69) is 10.5 Å². The van der Waals surface area contributed by atoms with Crippen molar-refractivity contribution in [3.8, 4) is 0 Å². The zero-order chi connectivity index (χ0) is 18.4. The van der Waals surface area contributed by atoms with Crippen molar-refractivity contribution in [3.05, 3.63) is 35.9 Å². The molecule has 1 atom stereocenters. The number of likely N-dealkylation sites (tertiary alicyclic amines) is 1. The Hall–Kier alpha value is -2.57. The van der Waals surface area contributed by atoms with Crippen molar-refractivity contribution in [1.29, 1.82) is 0 Å². The highest BCUT2D eigenvalue weighted by Crippen LogP contribution is 2.17. The summed E-state index contributed by atoms with van der Waals surface area (Å²) in [6.45, 7) is 3.34. The van der Waals surface area contributed by atoms with Crippen LogP contribution >= 0.6 is 0 Å². The van der Waals surface area contributed by atoms with Gasteiger partial charge in [0, 0.05) is 32.0 Å². The summed E-state index contributed by atoms with van der Waals surface area (Å²) in [7, 11) is 0. The highest BCUT2D eigenvalue weighted by atomic mass is 16.6. The largest absolute Gasteiger partial charge is 0.450 e. The molecule has 26 heavy (non-hydrogen) atoms. The van der Waals surface area contributed by atoms with E-state index in [4.69, 9.17) is 9.57 Å². The normalized spacial score (nSPS) is 20.3. The average molecular weight is 359 g/mol. The van der Waals surface area contributed by atoms with Crippen LogP contribution in [0.25, 0.3) is 0 Å². The molecule has 7 nitrogen and oxygen atoms in total. The van der Waals surface area contributed by atoms with Crippen LogP contribution in [-0.4, -0.2) is 54.5 Å². The van der Waals surface area contributed by atoms with Gasteiger partial charge < -0.3 is 19.8 Å². The third-order valence-electron chi connectivity index (χ3n) is 4.64. The van der Waals surface area contributed by atoms with Crippen LogP contribution < -0.4 is 5.32 Å². The van der Waals surface area contributed by atoms with Gasteiger partial charge in [0.15, 0.2) is 0 Å². The Morgan fingerprint density at radius 2 is 2.00 bits per heavy atom. The van der Waals surface area contributed by atoms with E-state index in [9.17, 15) is 9.59 Å². The second-order valence-corrected chi connectivity index (χ2v) is 6.59. The number of hydrogen-bond donors (Lipinski definition) is 1. The summed E-state index contributed by atoms with van der Waals surface area (Å²) in [6.07, 6.45) is 1.81. The van der Waals surface area contributed by atoms with E-state index >= 15 is 0 Å². The Balaban J connectivity index is 1.41. The van der Waals surface area contributed by atoms with Gasteiger partial charge in [-0.25, -0.2) is 4.79 Å². The van der Waals surface area contributed by atoms with Crippen molar-refractivity contribution in [2.75, 3.05) is 19.7 Å². The maximum absolute atomic E-state index is 12.4. The highest BCUT2D eigenvalue weighted by Gasteiger charge is 2.31. The number of nitrogens with zero attached hydrogens (tertiary/aromatic N) is 2. The third kappa shape index (κ3) is 4.74. The van der Waals surface area contributed by atoms with Gasteiger partial charge in [-0.3, -0.25) is 4.79 Å². The predicted molar refractivity (Wildman–Crippen MR) is 96.8 cm³/mol. The second-order valence-electron chi connectivity index (χ2n) is 6.59. The van der Waals surface area contributed by atoms with E-state index in [0.717, 1.165) is 24.1 Å². The number of benzene rings is 1. The van der Waals surface area contributed by atoms with Gasteiger partial charge in [-0.2, -0.15) is 0 Å². The molecule has 0 saturated carbocycles. The SMILES string of the molecule is CCOC(=O)N1CCC(NC(=O)[C@H]2CC(Cc3ccccc3)=NO2)CC1. The fourth-order valence-electron chi connectivity index (χ4n) is 3.22. The summed E-state index contributed by atoms with van der Waals surface area (Å²) in [4.78, 5) is 31.1. The zero-order valence-electron chi connectivity index (χ0n) is 15.0. The molecule has 7 heteroatoms. The molecule has 1 aromatic carbocycles. The van der Waals surface area contributed by atoms with Crippen LogP contribution in [0.15, 0.2) is 35.5 Å². The van der Waals surface area contributed by atoms with E-state index in [1.165, 1.54) is 0 Å². The molecule has 2 heterocycles. The van der Waals surface area contributed by atoms with E-state index in [1.54, 1.807) is 11.8 Å². The Morgan fingerprint density at radius 1 is 1.27 bits per heavy atom. The van der Waals surface area contributed by atoms with Crippen molar-refractivity contribution in [2.45, 2.75) is 44.8 Å². The van der Waals surface area contributed by atoms with Gasteiger partial charge in [0.1, 0.15) is 0 Å². The highest BCUT2D eigenvalue weighted by molar-refractivity contribution is 5.94. The molecular weight excluding hydrogens is 334 g/mol. The quantitative estimate of drug-likeness (QED) is 0.873. The third-order valence-corrected chi connectivity index (χ3v) is 4.64. The number of piperidine rings is 1. The van der Waals surface area contributed by atoms with Crippen LogP contribution in [0.3, 0.4) is 0 Å². The van der Waals surface area contributed by atoms with Gasteiger partial charge in [-0.15, -0.1) is 0 Å². The number of rotatable bonds is 5. The smallest absolute Gasteiger partial charge is 0.409 e. The first-order valence-corrected chi connectivity index (χ1v) is 9.13. The number of ether oxygens (including phenoxy) is 1. The minimum atomic E-state index is -0.559. The molecule has 0 spiro atoms. The molecule has 0 radical (unpaired) electrons. The van der Waals surface area contributed by atoms with Gasteiger partial charge in [0.05, 0.1) is 12.3 Å². The molecule has 3 rings (SSSR count). The summed E-state index contributed by atoms with van der Waals surface area (Å²) in [5.74, 6) is -0.133. The van der Waals surface area contributed by atoms with Crippen LogP contribution in [-0.2, 0) is 20.8 Å². The van der Waals surface area contributed by atoms with Gasteiger partial charge in [0.25, 0.3) is 5.91 Å². The molecule has 0 aliphatic carbocycles. The summed E-state index contributed by atoms with van der Waals surface area (Å²) < 4.78 is 5.00. The molecule has 2 aliphatic rings. The van der Waals surface area contributed by atoms with Gasteiger partial charge in [-0.1, -0.05) is 35.5 Å². The van der Waals surface area contributed by atoms with E-state index in [0.29, 0.717) is 32.5 Å². The lowest BCUT2D eigenvalue weighted by Crippen LogP contribution is -2.49. The molecule has 2 amide bonds. The molecule has 0 aromatic heterocycles. The van der Waals surface area contributed by atoms with Gasteiger partial charge in [0.2, 0.25) is 6.10 Å². The van der Waals surface area contributed by atoms with Gasteiger partial charge in [-0.05, 0) is 25.3 Å². The number of nitrogens with one attached hydrogen (secondary N) is 1. The van der Waals surface area contributed by atoms with Crippen molar-refractivity contribution >= 4 is 17.7 Å². The standard InChI is InChI=1S/C19H25N3O4/c1-2-25-19(24)22-10-8-15(9-11-22)20-18(23)17-13-16(21-26-17)12-14-6-4-3-5-7-14/h3-7,15,17H,2,8-13H2,1H3,(H,20,23)/t17-/m1/s1. The Kier molecular flexibility index (Phi) is 6.09. The van der Waals surface area contributed by atoms with Crippen molar-refractivity contribution in [3.63, 3.8) is 0 Å². The zero-order valence-corrected chi connectivity index (χ0v) is 15.0. The molecule has 0 unspecified atom stereocenters. The monoisotopic (exact) mass is 359 g/mol. The van der Waals surface area contributed by atoms with Crippen LogP contribution in [0.1, 0.15) is 31.7 Å². The first kappa shape index (κ1) is 18.2. The van der Waals surface area contributed by atoms with E-state index < -0.39 is 6.10 Å². The number of carbonyl (C=O) groups is 2. The number of amides is 2. The van der Waals surface area contributed by atoms with Gasteiger partial charge >= 0.3 is 6.09 Å². The lowest BCUT2D eigenvalue weighted by molar-refractivity contribution is -0.132. The topological polar surface area (TPSA) is 80.2 Å². The Morgan fingerprint density at radius 3 is 2.69 bits per heavy atom. The minimum absolute atomic E-state index is 0.0509. The number of carbonyl (C=O) groups excluding carboxylic acids is 2. The van der Waals surface area contributed by atoms with Crippen molar-refractivity contribution < 1.29 is 19.2 Å². The first-order chi connectivity index (χ1) is 12.7. The first-order valence-electron chi connectivity index (χ1n) is 9.13. The molecule has 2 aliphatic heterocycles. The second kappa shape index (κ2) is 8.69. The van der Waals surface area contributed by atoms with Crippen LogP contribution in [0.5, 0.6) is 0 Å². The summed E-state index contributed by atoms with van der Waals surface area (Å²) >= 11 is 0. The van der Waals surface area contributed by atoms with Crippen LogP contribution in [0, 0.1) is 0 Å². The van der Waals surface area contributed by atoms with E-state index in [1.807, 2.05) is 30.3 Å².